The molecule has 8 unspecified atom stereocenters. The summed E-state index contributed by atoms with van der Waals surface area (Å²) in [6, 6.07) is 0. The minimum absolute atomic E-state index is 0.00235. The Labute approximate surface area is 231 Å². The van der Waals surface area contributed by atoms with Gasteiger partial charge in [0, 0.05) is 12.8 Å². The van der Waals surface area contributed by atoms with Crippen LogP contribution in [0.3, 0.4) is 0 Å². The lowest BCUT2D eigenvalue weighted by molar-refractivity contribution is -0.0392. The molecule has 0 radical (unpaired) electrons. The van der Waals surface area contributed by atoms with Crippen molar-refractivity contribution in [2.24, 2.45) is 47.3 Å². The highest BCUT2D eigenvalue weighted by Crippen LogP contribution is 2.49. The van der Waals surface area contributed by atoms with Gasteiger partial charge in [-0.15, -0.1) is 9.24 Å². The molecule has 0 nitrogen and oxygen atoms in total. The van der Waals surface area contributed by atoms with E-state index in [1.807, 2.05) is 6.92 Å². The third-order valence-electron chi connectivity index (χ3n) is 10.8. The molecule has 0 amide bonds. The maximum Gasteiger partial charge on any atom is 0.248 e. The summed E-state index contributed by atoms with van der Waals surface area (Å²) in [6.07, 6.45) is 18.5. The average Bonchev–Trinajstić information content (AvgIpc) is 3.20. The van der Waals surface area contributed by atoms with Crippen molar-refractivity contribution in [3.05, 3.63) is 23.3 Å². The zero-order valence-corrected chi connectivity index (χ0v) is 26.5. The summed E-state index contributed by atoms with van der Waals surface area (Å²) >= 11 is 0. The Morgan fingerprint density at radius 2 is 1.76 bits per heavy atom. The molecule has 3 heteroatoms. The van der Waals surface area contributed by atoms with E-state index in [1.54, 1.807) is 5.57 Å². The minimum Gasteiger partial charge on any atom is -0.207 e. The molecule has 1 saturated carbocycles. The first kappa shape index (κ1) is 31.3. The van der Waals surface area contributed by atoms with Crippen LogP contribution in [-0.4, -0.2) is 11.1 Å². The second kappa shape index (κ2) is 13.4. The number of halogens is 2. The highest BCUT2D eigenvalue weighted by molar-refractivity contribution is 7.18. The minimum atomic E-state index is -2.57. The normalized spacial score (nSPS) is 31.3. The van der Waals surface area contributed by atoms with Crippen molar-refractivity contribution in [3.8, 4) is 0 Å². The average molecular weight is 537 g/mol. The fourth-order valence-corrected chi connectivity index (χ4v) is 7.87. The van der Waals surface area contributed by atoms with Crippen LogP contribution in [0.5, 0.6) is 0 Å². The fraction of sp³-hybridized carbons (Fsp3) is 0.882. The first-order valence-electron chi connectivity index (χ1n) is 15.8. The zero-order valence-electron chi connectivity index (χ0n) is 25.3. The van der Waals surface area contributed by atoms with Crippen molar-refractivity contribution < 1.29 is 8.78 Å². The molecule has 3 rings (SSSR count). The van der Waals surface area contributed by atoms with Crippen LogP contribution >= 0.6 is 9.24 Å². The summed E-state index contributed by atoms with van der Waals surface area (Å²) in [5.41, 5.74) is 3.23. The molecule has 37 heavy (non-hydrogen) atoms. The first-order valence-corrected chi connectivity index (χ1v) is 16.4. The van der Waals surface area contributed by atoms with Crippen LogP contribution in [0.4, 0.5) is 8.78 Å². The summed E-state index contributed by atoms with van der Waals surface area (Å²) in [6.45, 7) is 15.6. The third kappa shape index (κ3) is 9.15. The van der Waals surface area contributed by atoms with Crippen molar-refractivity contribution in [1.29, 1.82) is 0 Å². The zero-order chi connectivity index (χ0) is 27.4. The van der Waals surface area contributed by atoms with Crippen LogP contribution < -0.4 is 0 Å². The Bertz CT molecular complexity index is 773. The lowest BCUT2D eigenvalue weighted by Gasteiger charge is -2.35. The Morgan fingerprint density at radius 1 is 1.05 bits per heavy atom. The SMILES string of the molecule is CC1=CCC(CCC(CCC(F)(F)CC(C)C(C)(C)P)C2C=C(C3CCCCC3C(C)C)CC2C)CC1. The molecule has 1 fully saturated rings. The second-order valence-corrected chi connectivity index (χ2v) is 16.1. The van der Waals surface area contributed by atoms with Crippen LogP contribution in [0.15, 0.2) is 23.3 Å². The van der Waals surface area contributed by atoms with Gasteiger partial charge in [0.1, 0.15) is 0 Å². The van der Waals surface area contributed by atoms with Crippen LogP contribution in [0.2, 0.25) is 0 Å². The molecule has 0 heterocycles. The smallest absolute Gasteiger partial charge is 0.207 e. The molecule has 0 aromatic rings. The van der Waals surface area contributed by atoms with E-state index >= 15 is 8.78 Å². The highest BCUT2D eigenvalue weighted by Gasteiger charge is 2.40. The van der Waals surface area contributed by atoms with Gasteiger partial charge in [0.2, 0.25) is 5.92 Å². The number of alkyl halides is 2. The van der Waals surface area contributed by atoms with E-state index in [9.17, 15) is 0 Å². The van der Waals surface area contributed by atoms with Crippen molar-refractivity contribution in [2.45, 2.75) is 143 Å². The van der Waals surface area contributed by atoms with Crippen molar-refractivity contribution >= 4 is 9.24 Å². The van der Waals surface area contributed by atoms with Gasteiger partial charge in [-0.05, 0) is 117 Å². The van der Waals surface area contributed by atoms with E-state index in [-0.39, 0.29) is 23.9 Å². The Kier molecular flexibility index (Phi) is 11.4. The molecular formula is C34H59F2P. The molecule has 0 bridgehead atoms. The van der Waals surface area contributed by atoms with Gasteiger partial charge >= 0.3 is 0 Å². The number of rotatable bonds is 12. The van der Waals surface area contributed by atoms with E-state index < -0.39 is 5.92 Å². The maximum atomic E-state index is 15.3. The third-order valence-corrected chi connectivity index (χ3v) is 11.3. The lowest BCUT2D eigenvalue weighted by Crippen LogP contribution is -2.30. The van der Waals surface area contributed by atoms with Crippen molar-refractivity contribution in [1.82, 2.24) is 0 Å². The lowest BCUT2D eigenvalue weighted by atomic mass is 9.70. The molecule has 0 saturated heterocycles. The molecule has 0 aliphatic heterocycles. The number of allylic oxidation sites excluding steroid dienone is 4. The molecule has 0 N–H and O–H groups in total. The van der Waals surface area contributed by atoms with E-state index in [2.05, 4.69) is 62.9 Å². The standard InChI is InChI=1S/C34H59F2P/c1-23(2)30-10-8-9-11-31(30)29-20-25(4)32(21-29)28(17-16-27-14-12-24(3)13-15-27)18-19-34(35,36)22-26(5)33(6,7)37/h12,21,23,25-28,30-32H,8-11,13-20,22,37H2,1-7H3. The Hall–Kier alpha value is -0.230. The molecule has 3 aliphatic carbocycles. The molecule has 8 atom stereocenters. The quantitative estimate of drug-likeness (QED) is 0.172. The highest BCUT2D eigenvalue weighted by atomic mass is 31.0. The summed E-state index contributed by atoms with van der Waals surface area (Å²) in [7, 11) is 2.78. The summed E-state index contributed by atoms with van der Waals surface area (Å²) in [5, 5.41) is -0.153. The summed E-state index contributed by atoms with van der Waals surface area (Å²) in [5.74, 6) is 1.91. The Morgan fingerprint density at radius 3 is 2.38 bits per heavy atom. The predicted octanol–water partition coefficient (Wildman–Crippen LogP) is 11.3. The maximum absolute atomic E-state index is 15.3. The van der Waals surface area contributed by atoms with Gasteiger partial charge in [0.25, 0.3) is 0 Å². The van der Waals surface area contributed by atoms with Crippen LogP contribution in [-0.2, 0) is 0 Å². The van der Waals surface area contributed by atoms with Crippen molar-refractivity contribution in [2.75, 3.05) is 0 Å². The Balaban J connectivity index is 1.73. The van der Waals surface area contributed by atoms with Gasteiger partial charge in [-0.3, -0.25) is 0 Å². The van der Waals surface area contributed by atoms with Gasteiger partial charge in [0.05, 0.1) is 0 Å². The van der Waals surface area contributed by atoms with Gasteiger partial charge < -0.3 is 0 Å². The van der Waals surface area contributed by atoms with E-state index in [0.29, 0.717) is 24.2 Å². The largest absolute Gasteiger partial charge is 0.248 e. The second-order valence-electron chi connectivity index (χ2n) is 14.6. The van der Waals surface area contributed by atoms with Gasteiger partial charge in [-0.2, -0.15) is 0 Å². The van der Waals surface area contributed by atoms with Gasteiger partial charge in [-0.25, -0.2) is 8.78 Å². The fourth-order valence-electron chi connectivity index (χ4n) is 7.75. The first-order chi connectivity index (χ1) is 17.3. The molecule has 214 valence electrons. The molecule has 3 aliphatic rings. The van der Waals surface area contributed by atoms with Gasteiger partial charge in [-0.1, -0.05) is 77.7 Å². The molecular weight excluding hydrogens is 477 g/mol. The van der Waals surface area contributed by atoms with Crippen LogP contribution in [0, 0.1) is 47.3 Å². The number of hydrogen-bond donors (Lipinski definition) is 0. The molecule has 0 spiro atoms. The van der Waals surface area contributed by atoms with Gasteiger partial charge in [0.15, 0.2) is 0 Å². The van der Waals surface area contributed by atoms with Crippen LogP contribution in [0.1, 0.15) is 132 Å². The predicted molar refractivity (Wildman–Crippen MR) is 161 cm³/mol. The van der Waals surface area contributed by atoms with E-state index in [0.717, 1.165) is 30.1 Å². The van der Waals surface area contributed by atoms with Crippen LogP contribution in [0.25, 0.3) is 0 Å². The number of hydrogen-bond acceptors (Lipinski definition) is 0. The topological polar surface area (TPSA) is 0 Å². The summed E-state index contributed by atoms with van der Waals surface area (Å²) in [4.78, 5) is 0. The van der Waals surface area contributed by atoms with Crippen molar-refractivity contribution in [3.63, 3.8) is 0 Å². The molecule has 0 aromatic carbocycles. The molecule has 0 aromatic heterocycles. The van der Waals surface area contributed by atoms with E-state index in [4.69, 9.17) is 0 Å². The van der Waals surface area contributed by atoms with E-state index in [1.165, 1.54) is 63.4 Å². The summed E-state index contributed by atoms with van der Waals surface area (Å²) < 4.78 is 30.5. The monoisotopic (exact) mass is 536 g/mol.